The van der Waals surface area contributed by atoms with Crippen LogP contribution in [0.25, 0.3) is 0 Å². The summed E-state index contributed by atoms with van der Waals surface area (Å²) in [5.41, 5.74) is 0.567. The van der Waals surface area contributed by atoms with Crippen LogP contribution in [0.1, 0.15) is 51.5 Å². The number of benzene rings is 2. The van der Waals surface area contributed by atoms with Gasteiger partial charge in [-0.25, -0.2) is 12.7 Å². The number of nitrogens with one attached hydrogen (secondary N) is 1. The highest BCUT2D eigenvalue weighted by atomic mass is 35.5. The van der Waals surface area contributed by atoms with Gasteiger partial charge in [0.1, 0.15) is 6.04 Å². The van der Waals surface area contributed by atoms with Gasteiger partial charge in [0, 0.05) is 48.7 Å². The van der Waals surface area contributed by atoms with E-state index in [-0.39, 0.29) is 36.2 Å². The van der Waals surface area contributed by atoms with E-state index in [1.165, 1.54) is 28.4 Å². The minimum Gasteiger partial charge on any atom is -0.354 e. The molecule has 1 N–H and O–H groups in total. The van der Waals surface area contributed by atoms with Gasteiger partial charge in [-0.2, -0.15) is 0 Å². The standard InChI is InChI=1S/C26H35Cl2N3O4S/c1-4-6-17-29-26(33)24(5-2)31(19-21-22(27)14-10-15-23(21)28)25(32)16-11-18-30(3)36(34,35)20-12-8-7-9-13-20/h7-10,12-15,24H,4-6,11,16-19H2,1-3H3,(H,29,33). The number of carbonyl (C=O) groups is 2. The van der Waals surface area contributed by atoms with Crippen LogP contribution in [-0.2, 0) is 26.2 Å². The lowest BCUT2D eigenvalue weighted by Crippen LogP contribution is -2.49. The Morgan fingerprint density at radius 2 is 1.61 bits per heavy atom. The molecule has 0 saturated carbocycles. The minimum atomic E-state index is -3.65. The molecule has 0 radical (unpaired) electrons. The van der Waals surface area contributed by atoms with Gasteiger partial charge in [-0.1, -0.05) is 67.7 Å². The van der Waals surface area contributed by atoms with E-state index in [2.05, 4.69) is 5.32 Å². The van der Waals surface area contributed by atoms with Crippen molar-refractivity contribution in [2.45, 2.75) is 63.4 Å². The SMILES string of the molecule is CCCCNC(=O)C(CC)N(Cc1c(Cl)cccc1Cl)C(=O)CCCN(C)S(=O)(=O)c1ccccc1. The number of amides is 2. The lowest BCUT2D eigenvalue weighted by Gasteiger charge is -2.31. The Bertz CT molecular complexity index is 1090. The topological polar surface area (TPSA) is 86.8 Å². The third-order valence-corrected chi connectivity index (χ3v) is 8.50. The van der Waals surface area contributed by atoms with Crippen LogP contribution in [0, 0.1) is 0 Å². The van der Waals surface area contributed by atoms with E-state index < -0.39 is 16.1 Å². The molecule has 0 aliphatic carbocycles. The third kappa shape index (κ3) is 8.20. The van der Waals surface area contributed by atoms with Gasteiger partial charge in [-0.3, -0.25) is 9.59 Å². The van der Waals surface area contributed by atoms with Gasteiger partial charge in [0.05, 0.1) is 4.90 Å². The minimum absolute atomic E-state index is 0.0649. The highest BCUT2D eigenvalue weighted by molar-refractivity contribution is 7.89. The first-order valence-electron chi connectivity index (χ1n) is 12.1. The first-order valence-corrected chi connectivity index (χ1v) is 14.3. The lowest BCUT2D eigenvalue weighted by molar-refractivity contribution is -0.141. The van der Waals surface area contributed by atoms with E-state index in [1.807, 2.05) is 13.8 Å². The van der Waals surface area contributed by atoms with Crippen LogP contribution in [0.5, 0.6) is 0 Å². The van der Waals surface area contributed by atoms with Crippen molar-refractivity contribution in [1.82, 2.24) is 14.5 Å². The molecule has 1 unspecified atom stereocenters. The van der Waals surface area contributed by atoms with Gasteiger partial charge in [-0.15, -0.1) is 0 Å². The predicted octanol–water partition coefficient (Wildman–Crippen LogP) is 5.12. The molecule has 0 bridgehead atoms. The molecule has 2 rings (SSSR count). The van der Waals surface area contributed by atoms with Crippen LogP contribution in [-0.4, -0.2) is 55.6 Å². The summed E-state index contributed by atoms with van der Waals surface area (Å²) >= 11 is 12.7. The summed E-state index contributed by atoms with van der Waals surface area (Å²) in [6, 6.07) is 12.6. The van der Waals surface area contributed by atoms with E-state index in [0.717, 1.165) is 12.8 Å². The Hall–Kier alpha value is -2.13. The van der Waals surface area contributed by atoms with Crippen LogP contribution in [0.2, 0.25) is 10.0 Å². The molecule has 0 spiro atoms. The Kier molecular flexibility index (Phi) is 12.2. The highest BCUT2D eigenvalue weighted by Gasteiger charge is 2.29. The first kappa shape index (κ1) is 30.1. The van der Waals surface area contributed by atoms with Gasteiger partial charge < -0.3 is 10.2 Å². The molecule has 1 atom stereocenters. The smallest absolute Gasteiger partial charge is 0.242 e. The summed E-state index contributed by atoms with van der Waals surface area (Å²) in [6.45, 7) is 4.65. The molecule has 0 aliphatic heterocycles. The van der Waals surface area contributed by atoms with E-state index in [9.17, 15) is 18.0 Å². The fourth-order valence-electron chi connectivity index (χ4n) is 3.77. The molecule has 0 aromatic heterocycles. The third-order valence-electron chi connectivity index (χ3n) is 5.92. The average Bonchev–Trinajstić information content (AvgIpc) is 2.86. The molecule has 0 aliphatic rings. The van der Waals surface area contributed by atoms with Crippen molar-refractivity contribution in [3.63, 3.8) is 0 Å². The Morgan fingerprint density at radius 1 is 0.972 bits per heavy atom. The van der Waals surface area contributed by atoms with Gasteiger partial charge in [0.25, 0.3) is 0 Å². The van der Waals surface area contributed by atoms with Crippen molar-refractivity contribution in [2.75, 3.05) is 20.1 Å². The monoisotopic (exact) mass is 555 g/mol. The van der Waals surface area contributed by atoms with Crippen LogP contribution in [0.15, 0.2) is 53.4 Å². The van der Waals surface area contributed by atoms with Crippen LogP contribution >= 0.6 is 23.2 Å². The van der Waals surface area contributed by atoms with Crippen LogP contribution < -0.4 is 5.32 Å². The molecule has 10 heteroatoms. The molecule has 2 aromatic rings. The lowest BCUT2D eigenvalue weighted by atomic mass is 10.1. The molecular formula is C26H35Cl2N3O4S. The van der Waals surface area contributed by atoms with Crippen molar-refractivity contribution in [1.29, 1.82) is 0 Å². The normalized spacial score (nSPS) is 12.4. The summed E-state index contributed by atoms with van der Waals surface area (Å²) in [7, 11) is -2.16. The number of hydrogen-bond donors (Lipinski definition) is 1. The number of carbonyl (C=O) groups excluding carboxylic acids is 2. The zero-order chi connectivity index (χ0) is 26.7. The van der Waals surface area contributed by atoms with E-state index in [4.69, 9.17) is 23.2 Å². The highest BCUT2D eigenvalue weighted by Crippen LogP contribution is 2.27. The predicted molar refractivity (Wildman–Crippen MR) is 145 cm³/mol. The average molecular weight is 557 g/mol. The second-order valence-corrected chi connectivity index (χ2v) is 11.4. The Morgan fingerprint density at radius 3 is 2.19 bits per heavy atom. The van der Waals surface area contributed by atoms with Crippen molar-refractivity contribution in [3.05, 3.63) is 64.1 Å². The number of nitrogens with zero attached hydrogens (tertiary/aromatic N) is 2. The molecule has 36 heavy (non-hydrogen) atoms. The Labute approximate surface area is 224 Å². The molecule has 198 valence electrons. The number of halogens is 2. The first-order chi connectivity index (χ1) is 17.1. The van der Waals surface area contributed by atoms with Crippen molar-refractivity contribution < 1.29 is 18.0 Å². The molecule has 0 saturated heterocycles. The molecular weight excluding hydrogens is 521 g/mol. The van der Waals surface area contributed by atoms with Crippen LogP contribution in [0.4, 0.5) is 0 Å². The molecule has 7 nitrogen and oxygen atoms in total. The fraction of sp³-hybridized carbons (Fsp3) is 0.462. The van der Waals surface area contributed by atoms with E-state index in [1.54, 1.807) is 36.4 Å². The zero-order valence-electron chi connectivity index (χ0n) is 21.0. The second kappa shape index (κ2) is 14.6. The molecule has 2 amide bonds. The number of rotatable bonds is 14. The number of unbranched alkanes of at least 4 members (excludes halogenated alkanes) is 1. The second-order valence-electron chi connectivity index (χ2n) is 8.53. The Balaban J connectivity index is 2.17. The summed E-state index contributed by atoms with van der Waals surface area (Å²) < 4.78 is 26.8. The summed E-state index contributed by atoms with van der Waals surface area (Å²) in [4.78, 5) is 28.1. The summed E-state index contributed by atoms with van der Waals surface area (Å²) in [6.07, 6.45) is 2.55. The van der Waals surface area contributed by atoms with Crippen LogP contribution in [0.3, 0.4) is 0 Å². The van der Waals surface area contributed by atoms with Gasteiger partial charge in [0.2, 0.25) is 21.8 Å². The van der Waals surface area contributed by atoms with E-state index in [0.29, 0.717) is 35.0 Å². The van der Waals surface area contributed by atoms with E-state index >= 15 is 0 Å². The maximum Gasteiger partial charge on any atom is 0.242 e. The van der Waals surface area contributed by atoms with Gasteiger partial charge in [0.15, 0.2) is 0 Å². The molecule has 0 heterocycles. The maximum absolute atomic E-state index is 13.4. The fourth-order valence-corrected chi connectivity index (χ4v) is 5.52. The maximum atomic E-state index is 13.4. The molecule has 0 fully saturated rings. The quantitative estimate of drug-likeness (QED) is 0.328. The van der Waals surface area contributed by atoms with Gasteiger partial charge >= 0.3 is 0 Å². The largest absolute Gasteiger partial charge is 0.354 e. The number of sulfonamides is 1. The molecule has 2 aromatic carbocycles. The zero-order valence-corrected chi connectivity index (χ0v) is 23.4. The van der Waals surface area contributed by atoms with Gasteiger partial charge in [-0.05, 0) is 43.5 Å². The summed E-state index contributed by atoms with van der Waals surface area (Å²) in [5.74, 6) is -0.500. The van der Waals surface area contributed by atoms with Crippen molar-refractivity contribution in [3.8, 4) is 0 Å². The number of hydrogen-bond acceptors (Lipinski definition) is 4. The van der Waals surface area contributed by atoms with Crippen molar-refractivity contribution >= 4 is 45.0 Å². The summed E-state index contributed by atoms with van der Waals surface area (Å²) in [5, 5.41) is 3.74. The van der Waals surface area contributed by atoms with Crippen molar-refractivity contribution in [2.24, 2.45) is 0 Å².